The Balaban J connectivity index is 1.21. The summed E-state index contributed by atoms with van der Waals surface area (Å²) in [6, 6.07) is 4.36. The number of ether oxygens (including phenoxy) is 1. The van der Waals surface area contributed by atoms with Gasteiger partial charge in [0.15, 0.2) is 0 Å². The number of rotatable bonds is 10. The molecule has 1 saturated heterocycles. The van der Waals surface area contributed by atoms with Crippen LogP contribution in [0.1, 0.15) is 68.9 Å². The monoisotopic (exact) mass is 456 g/mol. The van der Waals surface area contributed by atoms with Crippen molar-refractivity contribution in [2.24, 2.45) is 4.99 Å². The molecule has 0 bridgehead atoms. The van der Waals surface area contributed by atoms with Crippen molar-refractivity contribution < 1.29 is 19.4 Å². The number of nitrogens with one attached hydrogen (secondary N) is 1. The smallest absolute Gasteiger partial charge is 0.246 e. The fourth-order valence-corrected chi connectivity index (χ4v) is 5.06. The van der Waals surface area contributed by atoms with Crippen molar-refractivity contribution in [2.75, 3.05) is 26.3 Å². The van der Waals surface area contributed by atoms with E-state index in [0.29, 0.717) is 44.7 Å². The molecule has 180 valence electrons. The summed E-state index contributed by atoms with van der Waals surface area (Å²) in [5.74, 6) is 1.59. The van der Waals surface area contributed by atoms with Crippen LogP contribution in [0.25, 0.3) is 0 Å². The van der Waals surface area contributed by atoms with Crippen molar-refractivity contribution in [1.82, 2.24) is 15.1 Å². The van der Waals surface area contributed by atoms with Gasteiger partial charge < -0.3 is 19.6 Å². The normalized spacial score (nSPS) is 17.8. The van der Waals surface area contributed by atoms with E-state index in [1.807, 2.05) is 22.8 Å². The Kier molecular flexibility index (Phi) is 7.85. The van der Waals surface area contributed by atoms with Gasteiger partial charge in [0.05, 0.1) is 18.9 Å². The van der Waals surface area contributed by atoms with Gasteiger partial charge in [-0.1, -0.05) is 19.3 Å². The summed E-state index contributed by atoms with van der Waals surface area (Å²) in [5, 5.41) is 12.2. The molecule has 0 atom stereocenters. The summed E-state index contributed by atoms with van der Waals surface area (Å²) in [5.41, 5.74) is 3.01. The molecule has 2 amide bonds. The summed E-state index contributed by atoms with van der Waals surface area (Å²) in [4.78, 5) is 32.8. The lowest BCUT2D eigenvalue weighted by atomic mass is 9.94. The summed E-state index contributed by atoms with van der Waals surface area (Å²) >= 11 is 0. The lowest BCUT2D eigenvalue weighted by Gasteiger charge is -2.34. The predicted octanol–water partition coefficient (Wildman–Crippen LogP) is 3.02. The fraction of sp³-hybridized carbons (Fsp3) is 0.640. The predicted molar refractivity (Wildman–Crippen MR) is 126 cm³/mol. The summed E-state index contributed by atoms with van der Waals surface area (Å²) < 4.78 is 6.02. The van der Waals surface area contributed by atoms with Crippen LogP contribution in [0.4, 0.5) is 5.69 Å². The van der Waals surface area contributed by atoms with Crippen LogP contribution < -0.4 is 10.1 Å². The highest BCUT2D eigenvalue weighted by atomic mass is 16.5. The topological polar surface area (TPSA) is 94.5 Å². The van der Waals surface area contributed by atoms with E-state index in [2.05, 4.69) is 16.4 Å². The molecule has 8 nitrogen and oxygen atoms in total. The molecule has 8 heteroatoms. The van der Waals surface area contributed by atoms with Crippen LogP contribution in [0.5, 0.6) is 5.75 Å². The van der Waals surface area contributed by atoms with Gasteiger partial charge in [0, 0.05) is 31.6 Å². The molecular weight excluding hydrogens is 420 g/mol. The molecule has 2 fully saturated rings. The molecule has 2 aliphatic heterocycles. The van der Waals surface area contributed by atoms with Crippen LogP contribution in [0.3, 0.4) is 0 Å². The zero-order valence-corrected chi connectivity index (χ0v) is 19.6. The highest BCUT2D eigenvalue weighted by Gasteiger charge is 2.29. The average Bonchev–Trinajstić information content (AvgIpc) is 3.17. The minimum absolute atomic E-state index is 0.0218. The fourth-order valence-electron chi connectivity index (χ4n) is 5.06. The second kappa shape index (κ2) is 11.0. The van der Waals surface area contributed by atoms with E-state index < -0.39 is 0 Å². The Morgan fingerprint density at radius 3 is 2.82 bits per heavy atom. The van der Waals surface area contributed by atoms with E-state index in [0.717, 1.165) is 54.7 Å². The second-order valence-electron chi connectivity index (χ2n) is 9.35. The van der Waals surface area contributed by atoms with Crippen LogP contribution in [0.15, 0.2) is 17.1 Å². The Labute approximate surface area is 196 Å². The third kappa shape index (κ3) is 5.85. The van der Waals surface area contributed by atoms with Crippen LogP contribution in [-0.2, 0) is 16.1 Å². The maximum atomic E-state index is 12.7. The van der Waals surface area contributed by atoms with Crippen molar-refractivity contribution in [1.29, 1.82) is 0 Å². The van der Waals surface area contributed by atoms with Gasteiger partial charge in [-0.25, -0.2) is 4.99 Å². The SMILES string of the molecule is Cc1cc2c(cc1OCCCCCC(=O)N(CCO)C1CCCCC1)N=C1NC(=O)CN1C2. The number of aryl methyl sites for hydroxylation is 1. The number of aliphatic hydroxyl groups excluding tert-OH is 1. The molecule has 0 radical (unpaired) electrons. The molecule has 4 rings (SSSR count). The summed E-state index contributed by atoms with van der Waals surface area (Å²) in [6.45, 7) is 4.15. The molecule has 3 aliphatic rings. The van der Waals surface area contributed by atoms with E-state index in [-0.39, 0.29) is 18.4 Å². The molecule has 2 heterocycles. The number of unbranched alkanes of at least 4 members (excludes halogenated alkanes) is 2. The maximum absolute atomic E-state index is 12.7. The number of fused-ring (bicyclic) bond motifs is 2. The van der Waals surface area contributed by atoms with Gasteiger partial charge in [-0.2, -0.15) is 0 Å². The number of aliphatic hydroxyl groups is 1. The zero-order chi connectivity index (χ0) is 23.2. The van der Waals surface area contributed by atoms with Crippen LogP contribution >= 0.6 is 0 Å². The number of nitrogens with zero attached hydrogens (tertiary/aromatic N) is 3. The Bertz CT molecular complexity index is 895. The number of hydrogen-bond donors (Lipinski definition) is 2. The van der Waals surface area contributed by atoms with E-state index in [9.17, 15) is 14.7 Å². The summed E-state index contributed by atoms with van der Waals surface area (Å²) in [6.07, 6.45) is 8.92. The third-order valence-electron chi connectivity index (χ3n) is 6.82. The van der Waals surface area contributed by atoms with Gasteiger partial charge in [0.25, 0.3) is 0 Å². The van der Waals surface area contributed by atoms with E-state index in [4.69, 9.17) is 4.74 Å². The first-order valence-corrected chi connectivity index (χ1v) is 12.4. The standard InChI is InChI=1S/C25H36N4O4/c1-18-14-19-16-28-17-23(31)27-25(28)26-21(19)15-22(18)33-13-7-3-6-10-24(32)29(11-12-30)20-8-4-2-5-9-20/h14-15,20,30H,2-13,16-17H2,1H3,(H,26,27,31). The van der Waals surface area contributed by atoms with Gasteiger partial charge in [-0.05, 0) is 56.2 Å². The number of aliphatic imine (C=N–C) groups is 1. The number of amides is 2. The van der Waals surface area contributed by atoms with Gasteiger partial charge >= 0.3 is 0 Å². The molecule has 1 saturated carbocycles. The average molecular weight is 457 g/mol. The van der Waals surface area contributed by atoms with Crippen molar-refractivity contribution in [2.45, 2.75) is 77.3 Å². The third-order valence-corrected chi connectivity index (χ3v) is 6.82. The van der Waals surface area contributed by atoms with Crippen molar-refractivity contribution in [3.8, 4) is 5.75 Å². The summed E-state index contributed by atoms with van der Waals surface area (Å²) in [7, 11) is 0. The molecule has 0 unspecified atom stereocenters. The molecule has 0 aromatic heterocycles. The van der Waals surface area contributed by atoms with Gasteiger partial charge in [-0.3, -0.25) is 14.9 Å². The van der Waals surface area contributed by atoms with E-state index in [1.165, 1.54) is 19.3 Å². The Hall–Kier alpha value is -2.61. The molecule has 1 aromatic carbocycles. The van der Waals surface area contributed by atoms with E-state index in [1.54, 1.807) is 0 Å². The van der Waals surface area contributed by atoms with Gasteiger partial charge in [0.1, 0.15) is 12.3 Å². The minimum atomic E-state index is -0.0218. The van der Waals surface area contributed by atoms with Crippen LogP contribution in [-0.4, -0.2) is 65.0 Å². The Morgan fingerprint density at radius 2 is 2.03 bits per heavy atom. The van der Waals surface area contributed by atoms with Crippen molar-refractivity contribution >= 4 is 23.5 Å². The van der Waals surface area contributed by atoms with E-state index >= 15 is 0 Å². The molecular formula is C25H36N4O4. The maximum Gasteiger partial charge on any atom is 0.246 e. The number of benzene rings is 1. The molecule has 0 spiro atoms. The first kappa shape index (κ1) is 23.5. The lowest BCUT2D eigenvalue weighted by Crippen LogP contribution is -2.43. The molecule has 33 heavy (non-hydrogen) atoms. The highest BCUT2D eigenvalue weighted by molar-refractivity contribution is 6.05. The molecule has 1 aromatic rings. The molecule has 2 N–H and O–H groups in total. The first-order chi connectivity index (χ1) is 16.0. The van der Waals surface area contributed by atoms with Crippen LogP contribution in [0.2, 0.25) is 0 Å². The first-order valence-electron chi connectivity index (χ1n) is 12.4. The number of guanidine groups is 1. The van der Waals surface area contributed by atoms with Crippen molar-refractivity contribution in [3.05, 3.63) is 23.3 Å². The van der Waals surface area contributed by atoms with Crippen LogP contribution in [0, 0.1) is 6.92 Å². The second-order valence-corrected chi connectivity index (χ2v) is 9.35. The number of carbonyl (C=O) groups is 2. The Morgan fingerprint density at radius 1 is 1.21 bits per heavy atom. The number of carbonyl (C=O) groups excluding carboxylic acids is 2. The van der Waals surface area contributed by atoms with Crippen molar-refractivity contribution in [3.63, 3.8) is 0 Å². The van der Waals surface area contributed by atoms with Gasteiger partial charge in [0.2, 0.25) is 17.8 Å². The van der Waals surface area contributed by atoms with Gasteiger partial charge in [-0.15, -0.1) is 0 Å². The lowest BCUT2D eigenvalue weighted by molar-refractivity contribution is -0.135. The number of hydrogen-bond acceptors (Lipinski definition) is 6. The highest BCUT2D eigenvalue weighted by Crippen LogP contribution is 2.33. The minimum Gasteiger partial charge on any atom is -0.493 e. The zero-order valence-electron chi connectivity index (χ0n) is 19.6. The quantitative estimate of drug-likeness (QED) is 0.528. The molecule has 1 aliphatic carbocycles. The largest absolute Gasteiger partial charge is 0.493 e.